The molecule has 0 unspecified atom stereocenters. The van der Waals surface area contributed by atoms with Crippen molar-refractivity contribution >= 4 is 16.8 Å². The number of hydrogen-bond donors (Lipinski definition) is 0. The number of furan rings is 1. The average molecular weight is 214 g/mol. The molecule has 1 saturated carbocycles. The van der Waals surface area contributed by atoms with Gasteiger partial charge in [0.1, 0.15) is 5.58 Å². The molecule has 0 radical (unpaired) electrons. The molecule has 3 rings (SSSR count). The van der Waals surface area contributed by atoms with Gasteiger partial charge in [0.15, 0.2) is 5.76 Å². The molecule has 0 aliphatic heterocycles. The SMILES string of the molecule is Cc1ccc2cc(C(=O)C3CC3)oc2c1C. The van der Waals surface area contributed by atoms with Gasteiger partial charge in [0.05, 0.1) is 0 Å². The fourth-order valence-electron chi connectivity index (χ4n) is 2.01. The van der Waals surface area contributed by atoms with E-state index in [2.05, 4.69) is 13.0 Å². The van der Waals surface area contributed by atoms with Crippen LogP contribution in [-0.4, -0.2) is 5.78 Å². The minimum atomic E-state index is 0.174. The van der Waals surface area contributed by atoms with E-state index in [0.717, 1.165) is 29.4 Å². The molecule has 2 heteroatoms. The lowest BCUT2D eigenvalue weighted by molar-refractivity contribution is 0.0942. The lowest BCUT2D eigenvalue weighted by atomic mass is 10.1. The molecular weight excluding hydrogens is 200 g/mol. The van der Waals surface area contributed by atoms with E-state index < -0.39 is 0 Å². The molecule has 1 aromatic heterocycles. The van der Waals surface area contributed by atoms with Gasteiger partial charge in [0.2, 0.25) is 5.78 Å². The van der Waals surface area contributed by atoms with Crippen LogP contribution in [0.2, 0.25) is 0 Å². The van der Waals surface area contributed by atoms with Gasteiger partial charge in [-0.1, -0.05) is 12.1 Å². The van der Waals surface area contributed by atoms with Crippen LogP contribution >= 0.6 is 0 Å². The summed E-state index contributed by atoms with van der Waals surface area (Å²) in [6.07, 6.45) is 2.04. The lowest BCUT2D eigenvalue weighted by Gasteiger charge is -1.98. The Morgan fingerprint density at radius 2 is 2.06 bits per heavy atom. The van der Waals surface area contributed by atoms with E-state index in [4.69, 9.17) is 4.42 Å². The van der Waals surface area contributed by atoms with Gasteiger partial charge in [0.25, 0.3) is 0 Å². The van der Waals surface area contributed by atoms with Crippen LogP contribution in [0.4, 0.5) is 0 Å². The molecule has 2 aromatic rings. The van der Waals surface area contributed by atoms with Gasteiger partial charge in [-0.05, 0) is 43.9 Å². The molecule has 82 valence electrons. The molecule has 0 amide bonds. The number of fused-ring (bicyclic) bond motifs is 1. The van der Waals surface area contributed by atoms with Crippen molar-refractivity contribution in [3.63, 3.8) is 0 Å². The Bertz CT molecular complexity index is 574. The number of Topliss-reactive ketones (excluding diaryl/α,β-unsaturated/α-hetero) is 1. The summed E-state index contributed by atoms with van der Waals surface area (Å²) in [4.78, 5) is 11.9. The summed E-state index contributed by atoms with van der Waals surface area (Å²) in [5, 5.41) is 1.03. The van der Waals surface area contributed by atoms with Gasteiger partial charge in [-0.2, -0.15) is 0 Å². The van der Waals surface area contributed by atoms with Crippen molar-refractivity contribution in [2.75, 3.05) is 0 Å². The van der Waals surface area contributed by atoms with Gasteiger partial charge in [-0.3, -0.25) is 4.79 Å². The number of rotatable bonds is 2. The third kappa shape index (κ3) is 1.37. The molecule has 1 aliphatic rings. The second kappa shape index (κ2) is 3.21. The molecule has 0 spiro atoms. The molecule has 0 atom stereocenters. The van der Waals surface area contributed by atoms with Crippen LogP contribution in [0, 0.1) is 19.8 Å². The van der Waals surface area contributed by atoms with Crippen molar-refractivity contribution in [2.45, 2.75) is 26.7 Å². The zero-order valence-electron chi connectivity index (χ0n) is 9.54. The van der Waals surface area contributed by atoms with Gasteiger partial charge < -0.3 is 4.42 Å². The molecule has 16 heavy (non-hydrogen) atoms. The second-order valence-corrected chi connectivity index (χ2v) is 4.67. The van der Waals surface area contributed by atoms with Crippen LogP contribution in [0.1, 0.15) is 34.5 Å². The Balaban J connectivity index is 2.15. The highest BCUT2D eigenvalue weighted by atomic mass is 16.3. The monoisotopic (exact) mass is 214 g/mol. The Morgan fingerprint density at radius 3 is 2.75 bits per heavy atom. The quantitative estimate of drug-likeness (QED) is 0.714. The maximum absolute atomic E-state index is 11.9. The topological polar surface area (TPSA) is 30.2 Å². The fraction of sp³-hybridized carbons (Fsp3) is 0.357. The van der Waals surface area contributed by atoms with E-state index >= 15 is 0 Å². The standard InChI is InChI=1S/C14H14O2/c1-8-3-4-11-7-12(13(15)10-5-6-10)16-14(11)9(8)2/h3-4,7,10H,5-6H2,1-2H3. The average Bonchev–Trinajstić information content (AvgIpc) is 3.02. The number of aryl methyl sites for hydroxylation is 2. The van der Waals surface area contributed by atoms with Crippen LogP contribution in [0.5, 0.6) is 0 Å². The summed E-state index contributed by atoms with van der Waals surface area (Å²) in [7, 11) is 0. The van der Waals surface area contributed by atoms with Crippen molar-refractivity contribution in [1.82, 2.24) is 0 Å². The third-order valence-corrected chi connectivity index (χ3v) is 3.40. The summed E-state index contributed by atoms with van der Waals surface area (Å²) < 4.78 is 5.69. The molecule has 2 nitrogen and oxygen atoms in total. The number of ketones is 1. The van der Waals surface area contributed by atoms with Crippen LogP contribution < -0.4 is 0 Å². The van der Waals surface area contributed by atoms with Crippen LogP contribution in [0.3, 0.4) is 0 Å². The second-order valence-electron chi connectivity index (χ2n) is 4.67. The minimum Gasteiger partial charge on any atom is -0.453 e. The van der Waals surface area contributed by atoms with Gasteiger partial charge >= 0.3 is 0 Å². The highest BCUT2D eigenvalue weighted by Crippen LogP contribution is 2.34. The molecular formula is C14H14O2. The molecule has 1 heterocycles. The summed E-state index contributed by atoms with van der Waals surface area (Å²) in [5.41, 5.74) is 3.20. The molecule has 0 saturated heterocycles. The van der Waals surface area contributed by atoms with Crippen LogP contribution in [0.25, 0.3) is 11.0 Å². The van der Waals surface area contributed by atoms with Crippen LogP contribution in [0.15, 0.2) is 22.6 Å². The predicted octanol–water partition coefficient (Wildman–Crippen LogP) is 3.64. The minimum absolute atomic E-state index is 0.174. The normalized spacial score (nSPS) is 15.6. The number of carbonyl (C=O) groups excluding carboxylic acids is 1. The molecule has 0 bridgehead atoms. The Labute approximate surface area is 94.3 Å². The lowest BCUT2D eigenvalue weighted by Crippen LogP contribution is -1.98. The number of carbonyl (C=O) groups is 1. The van der Waals surface area contributed by atoms with Crippen molar-refractivity contribution in [2.24, 2.45) is 5.92 Å². The van der Waals surface area contributed by atoms with Gasteiger partial charge in [0, 0.05) is 11.3 Å². The van der Waals surface area contributed by atoms with Crippen molar-refractivity contribution in [3.8, 4) is 0 Å². The predicted molar refractivity (Wildman–Crippen MR) is 62.7 cm³/mol. The highest BCUT2D eigenvalue weighted by molar-refractivity contribution is 6.00. The van der Waals surface area contributed by atoms with E-state index in [0.29, 0.717) is 5.76 Å². The Hall–Kier alpha value is -1.57. The Kier molecular flexibility index (Phi) is 1.93. The number of benzene rings is 1. The third-order valence-electron chi connectivity index (χ3n) is 3.40. The first kappa shape index (κ1) is 9.64. The van der Waals surface area contributed by atoms with E-state index in [-0.39, 0.29) is 11.7 Å². The summed E-state index contributed by atoms with van der Waals surface area (Å²) in [6, 6.07) is 5.96. The zero-order valence-corrected chi connectivity index (χ0v) is 9.54. The van der Waals surface area contributed by atoms with Crippen molar-refractivity contribution in [3.05, 3.63) is 35.1 Å². The number of hydrogen-bond acceptors (Lipinski definition) is 2. The van der Waals surface area contributed by atoms with Crippen LogP contribution in [-0.2, 0) is 0 Å². The molecule has 1 aromatic carbocycles. The van der Waals surface area contributed by atoms with Crippen molar-refractivity contribution in [1.29, 1.82) is 0 Å². The maximum Gasteiger partial charge on any atom is 0.201 e. The Morgan fingerprint density at radius 1 is 1.31 bits per heavy atom. The summed E-state index contributed by atoms with van der Waals surface area (Å²) in [5.74, 6) is 0.932. The largest absolute Gasteiger partial charge is 0.453 e. The molecule has 1 aliphatic carbocycles. The van der Waals surface area contributed by atoms with Gasteiger partial charge in [-0.25, -0.2) is 0 Å². The van der Waals surface area contributed by atoms with Gasteiger partial charge in [-0.15, -0.1) is 0 Å². The molecule has 1 fully saturated rings. The summed E-state index contributed by atoms with van der Waals surface area (Å²) in [6.45, 7) is 4.09. The van der Waals surface area contributed by atoms with E-state index in [9.17, 15) is 4.79 Å². The van der Waals surface area contributed by atoms with E-state index in [1.54, 1.807) is 0 Å². The smallest absolute Gasteiger partial charge is 0.201 e. The van der Waals surface area contributed by atoms with E-state index in [1.807, 2.05) is 19.1 Å². The highest BCUT2D eigenvalue weighted by Gasteiger charge is 2.32. The summed E-state index contributed by atoms with van der Waals surface area (Å²) >= 11 is 0. The zero-order chi connectivity index (χ0) is 11.3. The fourth-order valence-corrected chi connectivity index (χ4v) is 2.01. The molecule has 0 N–H and O–H groups in total. The van der Waals surface area contributed by atoms with E-state index in [1.165, 1.54) is 5.56 Å². The maximum atomic E-state index is 11.9. The van der Waals surface area contributed by atoms with Crippen molar-refractivity contribution < 1.29 is 9.21 Å². The first-order valence-electron chi connectivity index (χ1n) is 5.71. The first-order chi connectivity index (χ1) is 7.66. The first-order valence-corrected chi connectivity index (χ1v) is 5.71.